The second kappa shape index (κ2) is 10.6. The number of aromatic nitrogens is 1. The van der Waals surface area contributed by atoms with Crippen LogP contribution in [0.1, 0.15) is 29.5 Å². The normalized spacial score (nSPS) is 15.9. The Morgan fingerprint density at radius 2 is 1.79 bits per heavy atom. The number of carbonyl (C=O) groups excluding carboxylic acids is 1. The van der Waals surface area contributed by atoms with Gasteiger partial charge < -0.3 is 15.0 Å². The van der Waals surface area contributed by atoms with Gasteiger partial charge in [0.2, 0.25) is 5.91 Å². The molecule has 1 N–H and O–H groups in total. The maximum atomic E-state index is 12.7. The van der Waals surface area contributed by atoms with Crippen molar-refractivity contribution < 1.29 is 22.7 Å². The minimum absolute atomic E-state index is 0.0448. The van der Waals surface area contributed by atoms with E-state index in [1.54, 1.807) is 0 Å². The van der Waals surface area contributed by atoms with E-state index in [4.69, 9.17) is 4.74 Å². The number of hydrogen-bond acceptors (Lipinski definition) is 4. The molecule has 1 fully saturated rings. The zero-order chi connectivity index (χ0) is 24.0. The minimum Gasteiger partial charge on any atom is -0.489 e. The first-order valence-corrected chi connectivity index (χ1v) is 11.2. The van der Waals surface area contributed by atoms with Gasteiger partial charge >= 0.3 is 6.18 Å². The topological polar surface area (TPSA) is 54.5 Å². The maximum absolute atomic E-state index is 12.7. The SMILES string of the molecule is O=C(CCc1ccc(OCc2ccccc2)cc1)NC1CCN(c2ccc(C(F)(F)F)cn2)C1. The summed E-state index contributed by atoms with van der Waals surface area (Å²) < 4.78 is 43.9. The zero-order valence-electron chi connectivity index (χ0n) is 18.6. The van der Waals surface area contributed by atoms with Crippen LogP contribution < -0.4 is 15.0 Å². The van der Waals surface area contributed by atoms with Gasteiger partial charge in [-0.2, -0.15) is 13.2 Å². The molecule has 1 amide bonds. The van der Waals surface area contributed by atoms with Gasteiger partial charge in [0, 0.05) is 31.7 Å². The summed E-state index contributed by atoms with van der Waals surface area (Å²) in [4.78, 5) is 18.2. The van der Waals surface area contributed by atoms with Crippen LogP contribution in [0.15, 0.2) is 72.9 Å². The second-order valence-electron chi connectivity index (χ2n) is 8.32. The van der Waals surface area contributed by atoms with Crippen LogP contribution in [-0.4, -0.2) is 30.0 Å². The number of carbonyl (C=O) groups is 1. The van der Waals surface area contributed by atoms with Gasteiger partial charge in [-0.15, -0.1) is 0 Å². The lowest BCUT2D eigenvalue weighted by molar-refractivity contribution is -0.137. The van der Waals surface area contributed by atoms with Crippen molar-refractivity contribution in [2.24, 2.45) is 0 Å². The van der Waals surface area contributed by atoms with Crippen molar-refractivity contribution in [3.63, 3.8) is 0 Å². The lowest BCUT2D eigenvalue weighted by atomic mass is 10.1. The first kappa shape index (κ1) is 23.6. The van der Waals surface area contributed by atoms with Crippen LogP contribution >= 0.6 is 0 Å². The van der Waals surface area contributed by atoms with Gasteiger partial charge in [-0.25, -0.2) is 4.98 Å². The third kappa shape index (κ3) is 6.50. The zero-order valence-corrected chi connectivity index (χ0v) is 18.6. The first-order chi connectivity index (χ1) is 16.4. The summed E-state index contributed by atoms with van der Waals surface area (Å²) in [6, 6.07) is 20.0. The van der Waals surface area contributed by atoms with Gasteiger partial charge in [0.15, 0.2) is 0 Å². The molecule has 1 saturated heterocycles. The Morgan fingerprint density at radius 3 is 2.47 bits per heavy atom. The molecular formula is C26H26F3N3O2. The standard InChI is InChI=1S/C26H26F3N3O2/c27-26(28,29)21-9-12-24(30-16-21)32-15-14-22(17-32)31-25(33)13-8-19-6-10-23(11-7-19)34-18-20-4-2-1-3-5-20/h1-7,9-12,16,22H,8,13-15,17-18H2,(H,31,33). The number of alkyl halides is 3. The third-order valence-corrected chi connectivity index (χ3v) is 5.76. The van der Waals surface area contributed by atoms with Crippen LogP contribution in [0, 0.1) is 0 Å². The van der Waals surface area contributed by atoms with Gasteiger partial charge in [-0.1, -0.05) is 42.5 Å². The summed E-state index contributed by atoms with van der Waals surface area (Å²) in [6.45, 7) is 1.66. The van der Waals surface area contributed by atoms with Crippen molar-refractivity contribution in [2.75, 3.05) is 18.0 Å². The van der Waals surface area contributed by atoms with Crippen LogP contribution in [0.3, 0.4) is 0 Å². The molecule has 1 aliphatic rings. The molecule has 0 radical (unpaired) electrons. The number of anilines is 1. The van der Waals surface area contributed by atoms with Gasteiger partial charge in [0.1, 0.15) is 18.2 Å². The fourth-order valence-corrected chi connectivity index (χ4v) is 3.88. The average Bonchev–Trinajstić information content (AvgIpc) is 3.31. The summed E-state index contributed by atoms with van der Waals surface area (Å²) in [7, 11) is 0. The van der Waals surface area contributed by atoms with Gasteiger partial charge in [0.05, 0.1) is 5.56 Å². The Hall–Kier alpha value is -3.55. The fraction of sp³-hybridized carbons (Fsp3) is 0.308. The lowest BCUT2D eigenvalue weighted by Crippen LogP contribution is -2.37. The van der Waals surface area contributed by atoms with Crippen molar-refractivity contribution in [2.45, 2.75) is 38.1 Å². The lowest BCUT2D eigenvalue weighted by Gasteiger charge is -2.18. The second-order valence-corrected chi connectivity index (χ2v) is 8.32. The highest BCUT2D eigenvalue weighted by molar-refractivity contribution is 5.76. The predicted octanol–water partition coefficient (Wildman–Crippen LogP) is 5.01. The molecule has 8 heteroatoms. The number of ether oxygens (including phenoxy) is 1. The van der Waals surface area contributed by atoms with E-state index in [-0.39, 0.29) is 11.9 Å². The Balaban J connectivity index is 1.19. The monoisotopic (exact) mass is 469 g/mol. The van der Waals surface area contributed by atoms with Gasteiger partial charge in [-0.05, 0) is 48.2 Å². The number of aryl methyl sites for hydroxylation is 1. The van der Waals surface area contributed by atoms with Crippen molar-refractivity contribution in [3.8, 4) is 5.75 Å². The molecule has 0 spiro atoms. The van der Waals surface area contributed by atoms with E-state index < -0.39 is 11.7 Å². The van der Waals surface area contributed by atoms with Crippen molar-refractivity contribution in [1.82, 2.24) is 10.3 Å². The van der Waals surface area contributed by atoms with Crippen LogP contribution in [0.2, 0.25) is 0 Å². The molecule has 34 heavy (non-hydrogen) atoms. The minimum atomic E-state index is -4.40. The Morgan fingerprint density at radius 1 is 1.03 bits per heavy atom. The number of benzene rings is 2. The molecule has 1 atom stereocenters. The Bertz CT molecular complexity index is 1070. The third-order valence-electron chi connectivity index (χ3n) is 5.76. The average molecular weight is 470 g/mol. The molecule has 3 aromatic rings. The molecule has 0 aliphatic carbocycles. The van der Waals surface area contributed by atoms with Crippen LogP contribution in [0.5, 0.6) is 5.75 Å². The molecule has 4 rings (SSSR count). The quantitative estimate of drug-likeness (QED) is 0.504. The molecule has 2 aromatic carbocycles. The number of nitrogens with zero attached hydrogens (tertiary/aromatic N) is 2. The summed E-state index contributed by atoms with van der Waals surface area (Å²) in [5.41, 5.74) is 1.38. The van der Waals surface area contributed by atoms with E-state index in [2.05, 4.69) is 10.3 Å². The Labute approximate surface area is 196 Å². The van der Waals surface area contributed by atoms with E-state index in [0.717, 1.165) is 35.6 Å². The summed E-state index contributed by atoms with van der Waals surface area (Å²) in [6.07, 6.45) is -1.86. The summed E-state index contributed by atoms with van der Waals surface area (Å²) >= 11 is 0. The summed E-state index contributed by atoms with van der Waals surface area (Å²) in [5, 5.41) is 3.02. The van der Waals surface area contributed by atoms with Crippen LogP contribution in [-0.2, 0) is 24.0 Å². The van der Waals surface area contributed by atoms with Crippen LogP contribution in [0.4, 0.5) is 19.0 Å². The van der Waals surface area contributed by atoms with E-state index in [0.29, 0.717) is 38.4 Å². The number of rotatable bonds is 8. The molecule has 5 nitrogen and oxygen atoms in total. The molecular weight excluding hydrogens is 443 g/mol. The molecule has 0 bridgehead atoms. The van der Waals surface area contributed by atoms with E-state index in [1.165, 1.54) is 6.07 Å². The first-order valence-electron chi connectivity index (χ1n) is 11.2. The number of nitrogens with one attached hydrogen (secondary N) is 1. The highest BCUT2D eigenvalue weighted by Gasteiger charge is 2.31. The van der Waals surface area contributed by atoms with Gasteiger partial charge in [0.25, 0.3) is 0 Å². The molecule has 2 heterocycles. The number of amides is 1. The predicted molar refractivity (Wildman–Crippen MR) is 124 cm³/mol. The number of hydrogen-bond donors (Lipinski definition) is 1. The van der Waals surface area contributed by atoms with E-state index in [9.17, 15) is 18.0 Å². The fourth-order valence-electron chi connectivity index (χ4n) is 3.88. The highest BCUT2D eigenvalue weighted by atomic mass is 19.4. The smallest absolute Gasteiger partial charge is 0.417 e. The Kier molecular flexibility index (Phi) is 7.35. The van der Waals surface area contributed by atoms with E-state index >= 15 is 0 Å². The number of pyridine rings is 1. The largest absolute Gasteiger partial charge is 0.489 e. The molecule has 1 aliphatic heterocycles. The van der Waals surface area contributed by atoms with Crippen molar-refractivity contribution >= 4 is 11.7 Å². The van der Waals surface area contributed by atoms with Crippen molar-refractivity contribution in [3.05, 3.63) is 89.6 Å². The molecule has 0 saturated carbocycles. The molecule has 1 unspecified atom stereocenters. The van der Waals surface area contributed by atoms with Gasteiger partial charge in [-0.3, -0.25) is 4.79 Å². The number of halogens is 3. The van der Waals surface area contributed by atoms with Crippen LogP contribution in [0.25, 0.3) is 0 Å². The maximum Gasteiger partial charge on any atom is 0.417 e. The highest BCUT2D eigenvalue weighted by Crippen LogP contribution is 2.30. The summed E-state index contributed by atoms with van der Waals surface area (Å²) in [5.74, 6) is 1.22. The molecule has 1 aromatic heterocycles. The van der Waals surface area contributed by atoms with E-state index in [1.807, 2.05) is 59.5 Å². The van der Waals surface area contributed by atoms with Crippen molar-refractivity contribution in [1.29, 1.82) is 0 Å². The molecule has 178 valence electrons.